The molecule has 1 aromatic carbocycles. The van der Waals surface area contributed by atoms with E-state index in [2.05, 4.69) is 11.9 Å². The normalized spacial score (nSPS) is 23.5. The summed E-state index contributed by atoms with van der Waals surface area (Å²) in [5, 5.41) is 2.85. The highest BCUT2D eigenvalue weighted by atomic mass is 16.5. The van der Waals surface area contributed by atoms with Gasteiger partial charge in [0.15, 0.2) is 0 Å². The molecular weight excluding hydrogens is 320 g/mol. The third-order valence-electron chi connectivity index (χ3n) is 4.83. The zero-order valence-electron chi connectivity index (χ0n) is 14.5. The number of amides is 3. The Bertz CT molecular complexity index is 708. The van der Waals surface area contributed by atoms with E-state index in [4.69, 9.17) is 4.74 Å². The van der Waals surface area contributed by atoms with Gasteiger partial charge in [0, 0.05) is 19.1 Å². The van der Waals surface area contributed by atoms with Gasteiger partial charge in [-0.25, -0.2) is 0 Å². The van der Waals surface area contributed by atoms with Crippen molar-refractivity contribution in [2.24, 2.45) is 5.92 Å². The Morgan fingerprint density at radius 2 is 1.92 bits per heavy atom. The molecule has 132 valence electrons. The zero-order valence-corrected chi connectivity index (χ0v) is 14.5. The summed E-state index contributed by atoms with van der Waals surface area (Å²) in [5.41, 5.74) is 1.63. The number of carbonyl (C=O) groups excluding carboxylic acids is 3. The van der Waals surface area contributed by atoms with E-state index < -0.39 is 17.9 Å². The van der Waals surface area contributed by atoms with Crippen molar-refractivity contribution < 1.29 is 19.1 Å². The Morgan fingerprint density at radius 1 is 1.32 bits per heavy atom. The lowest BCUT2D eigenvalue weighted by molar-refractivity contribution is -0.124. The molecule has 3 rings (SSSR count). The molecule has 1 N–H and O–H groups in total. The van der Waals surface area contributed by atoms with Crippen LogP contribution >= 0.6 is 0 Å². The lowest BCUT2D eigenvalue weighted by Crippen LogP contribution is -2.49. The number of imide groups is 1. The lowest BCUT2D eigenvalue weighted by atomic mass is 9.97. The van der Waals surface area contributed by atoms with E-state index in [1.807, 2.05) is 6.92 Å². The number of carbonyl (C=O) groups is 3. The molecule has 2 heterocycles. The Balaban J connectivity index is 1.65. The molecule has 0 spiro atoms. The lowest BCUT2D eigenvalue weighted by Gasteiger charge is -2.24. The van der Waals surface area contributed by atoms with Crippen LogP contribution in [-0.4, -0.2) is 47.9 Å². The van der Waals surface area contributed by atoms with E-state index >= 15 is 0 Å². The molecule has 1 saturated heterocycles. The minimum Gasteiger partial charge on any atom is -0.374 e. The standard InChI is InChI=1S/C19H22N2O4/c1-11(2)16-13(8-9-25-16)10-20-17(22)12(3)21-18(23)14-6-4-5-7-15(14)19(21)24/h4-7,12-13,16H,1,8-10H2,2-3H3,(H,20,22). The molecule has 0 saturated carbocycles. The highest BCUT2D eigenvalue weighted by molar-refractivity contribution is 6.22. The van der Waals surface area contributed by atoms with Gasteiger partial charge in [-0.1, -0.05) is 24.3 Å². The SMILES string of the molecule is C=C(C)C1OCCC1CNC(=O)C(C)N1C(=O)c2ccccc2C1=O. The second-order valence-corrected chi connectivity index (χ2v) is 6.63. The molecule has 1 fully saturated rings. The van der Waals surface area contributed by atoms with Gasteiger partial charge in [0.05, 0.1) is 17.2 Å². The molecule has 2 aliphatic heterocycles. The summed E-state index contributed by atoms with van der Waals surface area (Å²) in [6, 6.07) is 5.76. The van der Waals surface area contributed by atoms with Crippen molar-refractivity contribution in [2.45, 2.75) is 32.4 Å². The van der Waals surface area contributed by atoms with Gasteiger partial charge in [-0.05, 0) is 32.4 Å². The van der Waals surface area contributed by atoms with E-state index in [9.17, 15) is 14.4 Å². The third-order valence-corrected chi connectivity index (χ3v) is 4.83. The summed E-state index contributed by atoms with van der Waals surface area (Å²) in [7, 11) is 0. The fraction of sp³-hybridized carbons (Fsp3) is 0.421. The van der Waals surface area contributed by atoms with Crippen LogP contribution < -0.4 is 5.32 Å². The summed E-state index contributed by atoms with van der Waals surface area (Å²) in [6.07, 6.45) is 0.786. The van der Waals surface area contributed by atoms with E-state index in [1.54, 1.807) is 31.2 Å². The van der Waals surface area contributed by atoms with E-state index in [0.717, 1.165) is 16.9 Å². The maximum Gasteiger partial charge on any atom is 0.262 e. The van der Waals surface area contributed by atoms with Crippen LogP contribution in [0.2, 0.25) is 0 Å². The van der Waals surface area contributed by atoms with Crippen LogP contribution in [0.1, 0.15) is 41.0 Å². The monoisotopic (exact) mass is 342 g/mol. The average Bonchev–Trinajstić information content (AvgIpc) is 3.16. The Morgan fingerprint density at radius 3 is 2.48 bits per heavy atom. The molecule has 3 atom stereocenters. The number of ether oxygens (including phenoxy) is 1. The number of benzene rings is 1. The molecule has 3 amide bonds. The predicted octanol–water partition coefficient (Wildman–Crippen LogP) is 1.77. The van der Waals surface area contributed by atoms with Gasteiger partial charge in [-0.2, -0.15) is 0 Å². The molecule has 6 nitrogen and oxygen atoms in total. The summed E-state index contributed by atoms with van der Waals surface area (Å²) in [5.74, 6) is -1.03. The predicted molar refractivity (Wildman–Crippen MR) is 92.1 cm³/mol. The molecule has 0 aliphatic carbocycles. The molecule has 0 bridgehead atoms. The van der Waals surface area contributed by atoms with Crippen molar-refractivity contribution in [1.29, 1.82) is 0 Å². The number of hydrogen-bond donors (Lipinski definition) is 1. The first-order chi connectivity index (χ1) is 11.9. The first-order valence-electron chi connectivity index (χ1n) is 8.43. The van der Waals surface area contributed by atoms with Crippen LogP contribution in [0.25, 0.3) is 0 Å². The Labute approximate surface area is 146 Å². The second-order valence-electron chi connectivity index (χ2n) is 6.63. The minimum atomic E-state index is -0.863. The number of fused-ring (bicyclic) bond motifs is 1. The van der Waals surface area contributed by atoms with Gasteiger partial charge in [0.2, 0.25) is 5.91 Å². The van der Waals surface area contributed by atoms with E-state index in [0.29, 0.717) is 24.3 Å². The van der Waals surface area contributed by atoms with Crippen LogP contribution in [0.15, 0.2) is 36.4 Å². The summed E-state index contributed by atoms with van der Waals surface area (Å²) in [6.45, 7) is 8.48. The van der Waals surface area contributed by atoms with Crippen molar-refractivity contribution in [1.82, 2.24) is 10.2 Å². The second kappa shape index (κ2) is 6.80. The van der Waals surface area contributed by atoms with Gasteiger partial charge < -0.3 is 10.1 Å². The van der Waals surface area contributed by atoms with Crippen molar-refractivity contribution in [3.8, 4) is 0 Å². The maximum atomic E-state index is 12.5. The van der Waals surface area contributed by atoms with Crippen LogP contribution in [0.4, 0.5) is 0 Å². The van der Waals surface area contributed by atoms with Crippen molar-refractivity contribution in [3.05, 3.63) is 47.5 Å². The molecular formula is C19H22N2O4. The van der Waals surface area contributed by atoms with Gasteiger partial charge >= 0.3 is 0 Å². The fourth-order valence-corrected chi connectivity index (χ4v) is 3.44. The van der Waals surface area contributed by atoms with Crippen molar-refractivity contribution >= 4 is 17.7 Å². The maximum absolute atomic E-state index is 12.5. The number of nitrogens with zero attached hydrogens (tertiary/aromatic N) is 1. The van der Waals surface area contributed by atoms with Crippen LogP contribution in [0.3, 0.4) is 0 Å². The van der Waals surface area contributed by atoms with Crippen LogP contribution in [-0.2, 0) is 9.53 Å². The first-order valence-corrected chi connectivity index (χ1v) is 8.43. The summed E-state index contributed by atoms with van der Waals surface area (Å²) < 4.78 is 5.63. The smallest absolute Gasteiger partial charge is 0.262 e. The molecule has 2 aliphatic rings. The molecule has 0 aromatic heterocycles. The molecule has 6 heteroatoms. The Hall–Kier alpha value is -2.47. The highest BCUT2D eigenvalue weighted by Crippen LogP contribution is 2.26. The summed E-state index contributed by atoms with van der Waals surface area (Å²) in [4.78, 5) is 38.4. The Kier molecular flexibility index (Phi) is 4.72. The number of rotatable bonds is 5. The van der Waals surface area contributed by atoms with Crippen molar-refractivity contribution in [2.75, 3.05) is 13.2 Å². The number of hydrogen-bond acceptors (Lipinski definition) is 4. The fourth-order valence-electron chi connectivity index (χ4n) is 3.44. The van der Waals surface area contributed by atoms with Gasteiger partial charge in [0.25, 0.3) is 11.8 Å². The first kappa shape index (κ1) is 17.4. The van der Waals surface area contributed by atoms with Gasteiger partial charge in [0.1, 0.15) is 6.04 Å². The van der Waals surface area contributed by atoms with Crippen LogP contribution in [0, 0.1) is 5.92 Å². The molecule has 0 radical (unpaired) electrons. The third kappa shape index (κ3) is 3.09. The van der Waals surface area contributed by atoms with E-state index in [1.165, 1.54) is 0 Å². The summed E-state index contributed by atoms with van der Waals surface area (Å²) >= 11 is 0. The zero-order chi connectivity index (χ0) is 18.1. The van der Waals surface area contributed by atoms with Crippen LogP contribution in [0.5, 0.6) is 0 Å². The molecule has 25 heavy (non-hydrogen) atoms. The van der Waals surface area contributed by atoms with E-state index in [-0.39, 0.29) is 17.9 Å². The van der Waals surface area contributed by atoms with Gasteiger partial charge in [-0.15, -0.1) is 0 Å². The number of nitrogens with one attached hydrogen (secondary N) is 1. The topological polar surface area (TPSA) is 75.7 Å². The molecule has 1 aromatic rings. The largest absolute Gasteiger partial charge is 0.374 e. The highest BCUT2D eigenvalue weighted by Gasteiger charge is 2.40. The minimum absolute atomic E-state index is 0.0603. The van der Waals surface area contributed by atoms with Crippen molar-refractivity contribution in [3.63, 3.8) is 0 Å². The van der Waals surface area contributed by atoms with Gasteiger partial charge in [-0.3, -0.25) is 19.3 Å². The average molecular weight is 342 g/mol. The molecule has 3 unspecified atom stereocenters. The quantitative estimate of drug-likeness (QED) is 0.654.